The number of hydrogen-bond donors (Lipinski definition) is 8. The number of benzene rings is 8. The molecule has 24 heteroatoms. The number of hydrogen-bond acceptors (Lipinski definition) is 16. The van der Waals surface area contributed by atoms with Crippen LogP contribution < -0.4 is 37.9 Å². The summed E-state index contributed by atoms with van der Waals surface area (Å²) in [5.41, 5.74) is 6.18. The zero-order valence-corrected chi connectivity index (χ0v) is 47.6. The standard InChI is InChI=1S/C66H54O24/c1-35-5-3-7-49(83-27-57(67)68)65(35)47-19-13-41(25-55(47)89-33-63(79)80)39-11-17-45(53(23-39)87-31-61(75)76)43-15-9-37(21-51(43)85-29-59(71)72)38-10-16-44(52(22-38)86-30-60(73)74)46-18-12-40(24-54(46)88-32-62(77)78)42-14-20-48(56(26-42)90-34-64(81)82)66-36(2)6-4-8-50(66)84-28-58(69)70/h3-26H,27-34H2,1-2H3,(H,67,68)(H,69,70)(H,71,72)(H,73,74)(H,75,76)(H,77,78)(H,79,80)(H,81,82). The van der Waals surface area contributed by atoms with Gasteiger partial charge in [-0.1, -0.05) is 60.7 Å². The Labute approximate surface area is 510 Å². The molecule has 0 atom stereocenters. The summed E-state index contributed by atoms with van der Waals surface area (Å²) in [6.45, 7) is -2.75. The van der Waals surface area contributed by atoms with Gasteiger partial charge in [0.2, 0.25) is 0 Å². The predicted octanol–water partition coefficient (Wildman–Crippen LogP) is 9.68. The second-order valence-corrected chi connectivity index (χ2v) is 19.6. The third-order valence-electron chi connectivity index (χ3n) is 13.3. The molecule has 8 aromatic rings. The van der Waals surface area contributed by atoms with Crippen molar-refractivity contribution in [2.45, 2.75) is 13.8 Å². The average molecular weight is 1230 g/mol. The van der Waals surface area contributed by atoms with Crippen molar-refractivity contribution in [3.05, 3.63) is 157 Å². The molecule has 0 spiro atoms. The van der Waals surface area contributed by atoms with E-state index in [0.717, 1.165) is 0 Å². The SMILES string of the molecule is Cc1cccc(OCC(=O)O)c1-c1ccc(-c2ccc(-c3ccc(-c4ccc(-c5ccc(-c6ccc(-c7c(C)cccc7OCC(=O)O)c(OCC(=O)O)c6)cc5OCC(=O)O)c(OCC(=O)O)c4)cc3OCC(=O)O)c(OCC(=O)O)c2)cc1OCC(=O)O. The normalized spacial score (nSPS) is 10.7. The fraction of sp³-hybridized carbons (Fsp3) is 0.152. The van der Waals surface area contributed by atoms with Crippen LogP contribution in [-0.2, 0) is 38.4 Å². The Balaban J connectivity index is 1.20. The Kier molecular flexibility index (Phi) is 20.5. The van der Waals surface area contributed by atoms with E-state index in [2.05, 4.69) is 0 Å². The highest BCUT2D eigenvalue weighted by atomic mass is 16.5. The lowest BCUT2D eigenvalue weighted by Crippen LogP contribution is -2.12. The van der Waals surface area contributed by atoms with Crippen LogP contribution in [0.25, 0.3) is 77.9 Å². The van der Waals surface area contributed by atoms with E-state index in [1.807, 2.05) is 0 Å². The number of rotatable bonds is 31. The first-order chi connectivity index (χ1) is 43.0. The number of aliphatic carboxylic acids is 8. The second-order valence-electron chi connectivity index (χ2n) is 19.6. The Bertz CT molecular complexity index is 3850. The lowest BCUT2D eigenvalue weighted by Gasteiger charge is -2.19. The van der Waals surface area contributed by atoms with Crippen LogP contribution in [0.2, 0.25) is 0 Å². The van der Waals surface area contributed by atoms with Gasteiger partial charge in [-0.15, -0.1) is 0 Å². The van der Waals surface area contributed by atoms with Crippen LogP contribution in [0.3, 0.4) is 0 Å². The van der Waals surface area contributed by atoms with Crippen molar-refractivity contribution >= 4 is 47.8 Å². The van der Waals surface area contributed by atoms with Gasteiger partial charge in [-0.2, -0.15) is 0 Å². The van der Waals surface area contributed by atoms with E-state index in [9.17, 15) is 79.2 Å². The Morgan fingerprint density at radius 3 is 0.622 bits per heavy atom. The van der Waals surface area contributed by atoms with Crippen LogP contribution >= 0.6 is 0 Å². The van der Waals surface area contributed by atoms with Gasteiger partial charge in [0.15, 0.2) is 52.9 Å². The molecule has 0 aliphatic rings. The maximum Gasteiger partial charge on any atom is 0.341 e. The molecule has 0 aliphatic carbocycles. The van der Waals surface area contributed by atoms with Crippen LogP contribution in [-0.4, -0.2) is 141 Å². The van der Waals surface area contributed by atoms with Gasteiger partial charge in [-0.05, 0) is 143 Å². The lowest BCUT2D eigenvalue weighted by molar-refractivity contribution is -0.140. The van der Waals surface area contributed by atoms with Crippen molar-refractivity contribution in [2.75, 3.05) is 52.9 Å². The molecule has 8 aromatic carbocycles. The molecule has 8 rings (SSSR count). The fourth-order valence-electron chi connectivity index (χ4n) is 9.56. The first-order valence-corrected chi connectivity index (χ1v) is 26.9. The van der Waals surface area contributed by atoms with Crippen molar-refractivity contribution in [1.29, 1.82) is 0 Å². The van der Waals surface area contributed by atoms with Gasteiger partial charge in [0.05, 0.1) is 0 Å². The zero-order chi connectivity index (χ0) is 64.8. The summed E-state index contributed by atoms with van der Waals surface area (Å²) >= 11 is 0. The van der Waals surface area contributed by atoms with E-state index in [4.69, 9.17) is 37.9 Å². The number of aryl methyl sites for hydroxylation is 2. The number of ether oxygens (including phenoxy) is 8. The summed E-state index contributed by atoms with van der Waals surface area (Å²) in [6.07, 6.45) is 0. The van der Waals surface area contributed by atoms with Crippen molar-refractivity contribution < 1.29 is 117 Å². The van der Waals surface area contributed by atoms with Crippen LogP contribution in [0.1, 0.15) is 11.1 Å². The first kappa shape index (κ1) is 63.9. The zero-order valence-electron chi connectivity index (χ0n) is 47.6. The third-order valence-corrected chi connectivity index (χ3v) is 13.3. The second kappa shape index (κ2) is 28.9. The van der Waals surface area contributed by atoms with E-state index < -0.39 is 101 Å². The molecule has 0 aliphatic heterocycles. The summed E-state index contributed by atoms with van der Waals surface area (Å²) in [7, 11) is 0. The van der Waals surface area contributed by atoms with E-state index in [0.29, 0.717) is 66.8 Å². The van der Waals surface area contributed by atoms with Crippen molar-refractivity contribution in [2.24, 2.45) is 0 Å². The monoisotopic (exact) mass is 1230 g/mol. The molecule has 0 aromatic heterocycles. The molecule has 0 radical (unpaired) electrons. The minimum Gasteiger partial charge on any atom is -0.481 e. The highest BCUT2D eigenvalue weighted by Crippen LogP contribution is 2.47. The Hall–Kier alpha value is -12.1. The largest absolute Gasteiger partial charge is 0.481 e. The maximum atomic E-state index is 12.1. The van der Waals surface area contributed by atoms with Gasteiger partial charge >= 0.3 is 47.8 Å². The highest BCUT2D eigenvalue weighted by Gasteiger charge is 2.24. The predicted molar refractivity (Wildman–Crippen MR) is 319 cm³/mol. The Morgan fingerprint density at radius 2 is 0.422 bits per heavy atom. The summed E-state index contributed by atoms with van der Waals surface area (Å²) in [5, 5.41) is 77.1. The van der Waals surface area contributed by atoms with Crippen LogP contribution in [0.15, 0.2) is 146 Å². The Morgan fingerprint density at radius 1 is 0.244 bits per heavy atom. The van der Waals surface area contributed by atoms with E-state index in [-0.39, 0.29) is 68.2 Å². The summed E-state index contributed by atoms with van der Waals surface area (Å²) < 4.78 is 46.1. The number of carboxylic acids is 8. The molecular weight excluding hydrogens is 1180 g/mol. The number of carboxylic acid groups (broad SMARTS) is 8. The molecule has 0 saturated heterocycles. The smallest absolute Gasteiger partial charge is 0.341 e. The molecule has 0 amide bonds. The van der Waals surface area contributed by atoms with E-state index >= 15 is 0 Å². The lowest BCUT2D eigenvalue weighted by atomic mass is 9.93. The maximum absolute atomic E-state index is 12.1. The minimum atomic E-state index is -1.36. The minimum absolute atomic E-state index is 0.0197. The molecule has 0 saturated carbocycles. The molecule has 90 heavy (non-hydrogen) atoms. The third kappa shape index (κ3) is 16.3. The summed E-state index contributed by atoms with van der Waals surface area (Å²) in [5.74, 6) is -10.1. The molecule has 462 valence electrons. The summed E-state index contributed by atoms with van der Waals surface area (Å²) in [6, 6.07) is 38.2. The van der Waals surface area contributed by atoms with Gasteiger partial charge in [-0.3, -0.25) is 0 Å². The quantitative estimate of drug-likeness (QED) is 0.0200. The topological polar surface area (TPSA) is 372 Å². The first-order valence-electron chi connectivity index (χ1n) is 26.9. The average Bonchev–Trinajstić information content (AvgIpc) is 0.819. The van der Waals surface area contributed by atoms with Gasteiger partial charge < -0.3 is 78.7 Å². The van der Waals surface area contributed by atoms with Crippen molar-refractivity contribution in [3.8, 4) is 124 Å². The number of carbonyl (C=O) groups is 8. The van der Waals surface area contributed by atoms with Crippen molar-refractivity contribution in [3.63, 3.8) is 0 Å². The van der Waals surface area contributed by atoms with E-state index in [1.54, 1.807) is 123 Å². The molecule has 0 unspecified atom stereocenters. The van der Waals surface area contributed by atoms with Gasteiger partial charge in [0.25, 0.3) is 0 Å². The van der Waals surface area contributed by atoms with Gasteiger partial charge in [0, 0.05) is 44.5 Å². The van der Waals surface area contributed by atoms with Gasteiger partial charge in [-0.25, -0.2) is 38.4 Å². The molecule has 8 N–H and O–H groups in total. The van der Waals surface area contributed by atoms with Crippen LogP contribution in [0.5, 0.6) is 46.0 Å². The molecule has 24 nitrogen and oxygen atoms in total. The molecule has 0 bridgehead atoms. The molecular formula is C66H54O24. The molecule has 0 fully saturated rings. The van der Waals surface area contributed by atoms with Crippen LogP contribution in [0.4, 0.5) is 0 Å². The highest BCUT2D eigenvalue weighted by molar-refractivity contribution is 5.89. The fourth-order valence-corrected chi connectivity index (χ4v) is 9.56. The van der Waals surface area contributed by atoms with Crippen molar-refractivity contribution in [1.82, 2.24) is 0 Å². The van der Waals surface area contributed by atoms with Crippen LogP contribution in [0, 0.1) is 13.8 Å². The molecule has 0 heterocycles. The van der Waals surface area contributed by atoms with E-state index in [1.165, 1.54) is 36.4 Å². The van der Waals surface area contributed by atoms with Gasteiger partial charge in [0.1, 0.15) is 46.0 Å². The summed E-state index contributed by atoms with van der Waals surface area (Å²) in [4.78, 5) is 94.6.